The largest absolute Gasteiger partial charge is 0.497 e. The molecule has 1 fully saturated rings. The third kappa shape index (κ3) is 5.10. The van der Waals surface area contributed by atoms with Crippen LogP contribution in [0.15, 0.2) is 54.7 Å². The third-order valence-electron chi connectivity index (χ3n) is 6.46. The zero-order valence-corrected chi connectivity index (χ0v) is 20.2. The van der Waals surface area contributed by atoms with Crippen LogP contribution in [0, 0.1) is 0 Å². The van der Waals surface area contributed by atoms with Crippen molar-refractivity contribution in [3.8, 4) is 11.6 Å². The average Bonchev–Trinajstić information content (AvgIpc) is 3.24. The summed E-state index contributed by atoms with van der Waals surface area (Å²) in [6.07, 6.45) is 4.70. The number of rotatable bonds is 7. The molecule has 2 aromatic carbocycles. The molecule has 0 radical (unpaired) electrons. The molecule has 0 spiro atoms. The van der Waals surface area contributed by atoms with E-state index in [1.54, 1.807) is 7.11 Å². The van der Waals surface area contributed by atoms with Gasteiger partial charge >= 0.3 is 0 Å². The van der Waals surface area contributed by atoms with E-state index in [1.807, 2.05) is 47.4 Å². The lowest BCUT2D eigenvalue weighted by Gasteiger charge is -2.20. The minimum atomic E-state index is -0.601. The van der Waals surface area contributed by atoms with Crippen molar-refractivity contribution in [2.24, 2.45) is 0 Å². The summed E-state index contributed by atoms with van der Waals surface area (Å²) in [6.45, 7) is 1.55. The molecule has 2 aliphatic rings. The summed E-state index contributed by atoms with van der Waals surface area (Å²) in [7, 11) is 1.61. The second-order valence-corrected chi connectivity index (χ2v) is 8.87. The average molecular weight is 488 g/mol. The van der Waals surface area contributed by atoms with Gasteiger partial charge in [-0.15, -0.1) is 0 Å². The molecule has 2 aliphatic heterocycles. The zero-order valence-electron chi connectivity index (χ0n) is 20.2. The quantitative estimate of drug-likeness (QED) is 0.527. The first-order valence-electron chi connectivity index (χ1n) is 12.2. The van der Waals surface area contributed by atoms with Crippen LogP contribution in [0.1, 0.15) is 40.7 Å². The number of nitrogens with one attached hydrogen (secondary N) is 2. The molecule has 2 N–H and O–H groups in total. The third-order valence-corrected chi connectivity index (χ3v) is 6.46. The Morgan fingerprint density at radius 1 is 1.19 bits per heavy atom. The van der Waals surface area contributed by atoms with Crippen LogP contribution in [0.4, 0.5) is 11.6 Å². The monoisotopic (exact) mass is 487 g/mol. The number of methoxy groups -OCH3 is 1. The predicted octanol–water partition coefficient (Wildman–Crippen LogP) is 3.16. The Kier molecular flexibility index (Phi) is 6.97. The van der Waals surface area contributed by atoms with Crippen molar-refractivity contribution in [2.45, 2.75) is 38.3 Å². The predicted molar refractivity (Wildman–Crippen MR) is 135 cm³/mol. The van der Waals surface area contributed by atoms with E-state index < -0.39 is 11.9 Å². The van der Waals surface area contributed by atoms with Gasteiger partial charge in [0.15, 0.2) is 0 Å². The van der Waals surface area contributed by atoms with Crippen molar-refractivity contribution in [3.63, 3.8) is 0 Å². The maximum atomic E-state index is 13.2. The van der Waals surface area contributed by atoms with Crippen LogP contribution in [0.3, 0.4) is 0 Å². The van der Waals surface area contributed by atoms with Gasteiger partial charge in [-0.05, 0) is 55.0 Å². The number of hydrogen-bond donors (Lipinski definition) is 2. The fourth-order valence-electron chi connectivity index (χ4n) is 4.53. The maximum Gasteiger partial charge on any atom is 0.259 e. The van der Waals surface area contributed by atoms with E-state index in [0.29, 0.717) is 24.7 Å². The lowest BCUT2D eigenvalue weighted by molar-refractivity contribution is -0.122. The van der Waals surface area contributed by atoms with E-state index >= 15 is 0 Å². The van der Waals surface area contributed by atoms with Crippen molar-refractivity contribution in [1.29, 1.82) is 0 Å². The molecular weight excluding hydrogens is 458 g/mol. The van der Waals surface area contributed by atoms with Crippen LogP contribution in [-0.2, 0) is 17.8 Å². The number of hydrogen-bond acceptors (Lipinski definition) is 7. The molecule has 1 saturated heterocycles. The Morgan fingerprint density at radius 2 is 2.08 bits per heavy atom. The Hall–Kier alpha value is -4.14. The first-order valence-corrected chi connectivity index (χ1v) is 12.2. The minimum Gasteiger partial charge on any atom is -0.497 e. The van der Waals surface area contributed by atoms with Gasteiger partial charge in [0.2, 0.25) is 17.7 Å². The lowest BCUT2D eigenvalue weighted by atomic mass is 10.1. The summed E-state index contributed by atoms with van der Waals surface area (Å²) in [4.78, 5) is 36.8. The van der Waals surface area contributed by atoms with Gasteiger partial charge in [-0.2, -0.15) is 4.98 Å². The fourth-order valence-corrected chi connectivity index (χ4v) is 4.53. The second kappa shape index (κ2) is 10.6. The zero-order chi connectivity index (χ0) is 24.9. The van der Waals surface area contributed by atoms with Crippen LogP contribution in [-0.4, -0.2) is 48.0 Å². The molecule has 5 rings (SSSR count). The van der Waals surface area contributed by atoms with Gasteiger partial charge in [-0.25, -0.2) is 4.98 Å². The van der Waals surface area contributed by atoms with Gasteiger partial charge in [0.1, 0.15) is 24.0 Å². The van der Waals surface area contributed by atoms with Crippen molar-refractivity contribution in [2.75, 3.05) is 25.1 Å². The van der Waals surface area contributed by atoms with Gasteiger partial charge < -0.3 is 25.0 Å². The molecule has 186 valence electrons. The summed E-state index contributed by atoms with van der Waals surface area (Å²) in [5.74, 6) is 0.727. The Morgan fingerprint density at radius 3 is 2.97 bits per heavy atom. The first-order chi connectivity index (χ1) is 17.6. The summed E-state index contributed by atoms with van der Waals surface area (Å²) in [5, 5.41) is 5.69. The number of fused-ring (bicyclic) bond motifs is 1. The van der Waals surface area contributed by atoms with Crippen molar-refractivity contribution >= 4 is 23.5 Å². The van der Waals surface area contributed by atoms with Gasteiger partial charge in [0.05, 0.1) is 7.11 Å². The van der Waals surface area contributed by atoms with Crippen molar-refractivity contribution in [1.82, 2.24) is 20.6 Å². The SMILES string of the molecule is COc1cccc(COc2nc(N3CCc4ccccc43)ncc2C(=O)NC2CCCCNC2=O)c1. The summed E-state index contributed by atoms with van der Waals surface area (Å²) < 4.78 is 11.4. The molecular formula is C27H29N5O4. The minimum absolute atomic E-state index is 0.165. The molecule has 3 heterocycles. The molecule has 1 unspecified atom stereocenters. The lowest BCUT2D eigenvalue weighted by Crippen LogP contribution is -2.45. The number of nitrogens with zero attached hydrogens (tertiary/aromatic N) is 3. The molecule has 9 nitrogen and oxygen atoms in total. The molecule has 36 heavy (non-hydrogen) atoms. The van der Waals surface area contributed by atoms with E-state index in [9.17, 15) is 9.59 Å². The summed E-state index contributed by atoms with van der Waals surface area (Å²) >= 11 is 0. The van der Waals surface area contributed by atoms with E-state index in [-0.39, 0.29) is 24.0 Å². The Labute approximate surface area is 209 Å². The standard InChI is InChI=1S/C27H29N5O4/c1-35-20-9-6-7-18(15-20)17-36-26-21(24(33)30-22-10-4-5-13-28-25(22)34)16-29-27(31-26)32-14-12-19-8-2-3-11-23(19)32/h2-3,6-9,11,15-16,22H,4-5,10,12-14,17H2,1H3,(H,28,34)(H,30,33). The van der Waals surface area contributed by atoms with Gasteiger partial charge in [0.25, 0.3) is 5.91 Å². The molecule has 1 atom stereocenters. The molecule has 9 heteroatoms. The Balaban J connectivity index is 1.43. The summed E-state index contributed by atoms with van der Waals surface area (Å²) in [5.41, 5.74) is 3.33. The molecule has 2 amide bonds. The van der Waals surface area contributed by atoms with Gasteiger partial charge in [0, 0.05) is 25.0 Å². The Bertz CT molecular complexity index is 1260. The number of benzene rings is 2. The van der Waals surface area contributed by atoms with Crippen LogP contribution in [0.25, 0.3) is 0 Å². The van der Waals surface area contributed by atoms with Gasteiger partial charge in [-0.3, -0.25) is 9.59 Å². The molecule has 0 saturated carbocycles. The van der Waals surface area contributed by atoms with Crippen molar-refractivity contribution < 1.29 is 19.1 Å². The highest BCUT2D eigenvalue weighted by molar-refractivity contribution is 5.99. The maximum absolute atomic E-state index is 13.2. The summed E-state index contributed by atoms with van der Waals surface area (Å²) in [6, 6.07) is 15.0. The van der Waals surface area contributed by atoms with Crippen LogP contribution in [0.5, 0.6) is 11.6 Å². The normalized spacial score (nSPS) is 17.1. The number of amides is 2. The van der Waals surface area contributed by atoms with E-state index in [0.717, 1.165) is 37.1 Å². The molecule has 0 aliphatic carbocycles. The van der Waals surface area contributed by atoms with Crippen molar-refractivity contribution in [3.05, 3.63) is 71.4 Å². The highest BCUT2D eigenvalue weighted by atomic mass is 16.5. The van der Waals surface area contributed by atoms with E-state index in [1.165, 1.54) is 11.8 Å². The number of aromatic nitrogens is 2. The van der Waals surface area contributed by atoms with E-state index in [2.05, 4.69) is 26.7 Å². The highest BCUT2D eigenvalue weighted by Gasteiger charge is 2.27. The number of anilines is 2. The fraction of sp³-hybridized carbons (Fsp3) is 0.333. The smallest absolute Gasteiger partial charge is 0.259 e. The van der Waals surface area contributed by atoms with Gasteiger partial charge in [-0.1, -0.05) is 30.3 Å². The highest BCUT2D eigenvalue weighted by Crippen LogP contribution is 2.33. The first kappa shape index (κ1) is 23.6. The number of carbonyl (C=O) groups excluding carboxylic acids is 2. The molecule has 0 bridgehead atoms. The van der Waals surface area contributed by atoms with Crippen LogP contribution < -0.4 is 25.0 Å². The molecule has 1 aromatic heterocycles. The number of ether oxygens (including phenoxy) is 2. The topological polar surface area (TPSA) is 106 Å². The second-order valence-electron chi connectivity index (χ2n) is 8.87. The number of para-hydroxylation sites is 1. The number of carbonyl (C=O) groups is 2. The molecule has 3 aromatic rings. The van der Waals surface area contributed by atoms with Crippen LogP contribution in [0.2, 0.25) is 0 Å². The van der Waals surface area contributed by atoms with Crippen LogP contribution >= 0.6 is 0 Å². The van der Waals surface area contributed by atoms with E-state index in [4.69, 9.17) is 9.47 Å².